The molecule has 0 heterocycles. The Hall–Kier alpha value is 0.177. The lowest BCUT2D eigenvalue weighted by atomic mass is 10.5. The summed E-state index contributed by atoms with van der Waals surface area (Å²) in [5.41, 5.74) is 0. The Bertz CT molecular complexity index is 81.3. The van der Waals surface area contributed by atoms with E-state index in [0.29, 0.717) is 0 Å². The molecule has 2 heteroatoms. The van der Waals surface area contributed by atoms with Gasteiger partial charge in [0.05, 0.1) is 0 Å². The fourth-order valence-corrected chi connectivity index (χ4v) is 3.53. The summed E-state index contributed by atoms with van der Waals surface area (Å²) in [5, 5.41) is 0. The van der Waals surface area contributed by atoms with Gasteiger partial charge in [0.25, 0.3) is 0 Å². The van der Waals surface area contributed by atoms with Crippen LogP contribution in [0.1, 0.15) is 26.7 Å². The Morgan fingerprint density at radius 2 is 1.70 bits per heavy atom. The zero-order chi connectivity index (χ0) is 8.04. The molecule has 0 aliphatic rings. The first-order valence-electron chi connectivity index (χ1n) is 4.37. The molecule has 1 nitrogen and oxygen atoms in total. The van der Waals surface area contributed by atoms with Crippen molar-refractivity contribution in [2.45, 2.75) is 45.8 Å². The molecule has 0 saturated heterocycles. The van der Waals surface area contributed by atoms with Crippen molar-refractivity contribution in [1.29, 1.82) is 0 Å². The Morgan fingerprint density at radius 1 is 1.10 bits per heavy atom. The SMILES string of the molecule is CCCN[Si](C)(C)CCC. The highest BCUT2D eigenvalue weighted by Gasteiger charge is 2.17. The largest absolute Gasteiger partial charge is 0.337 e. The van der Waals surface area contributed by atoms with Gasteiger partial charge in [0.1, 0.15) is 8.24 Å². The third-order valence-electron chi connectivity index (χ3n) is 1.73. The molecule has 0 aromatic heterocycles. The zero-order valence-electron chi connectivity index (χ0n) is 7.83. The second kappa shape index (κ2) is 4.91. The summed E-state index contributed by atoms with van der Waals surface area (Å²) in [7, 11) is -0.974. The van der Waals surface area contributed by atoms with Gasteiger partial charge in [-0.2, -0.15) is 0 Å². The van der Waals surface area contributed by atoms with Gasteiger partial charge in [-0.25, -0.2) is 0 Å². The van der Waals surface area contributed by atoms with Crippen LogP contribution in [0.3, 0.4) is 0 Å². The van der Waals surface area contributed by atoms with Crippen LogP contribution in [0.2, 0.25) is 19.1 Å². The van der Waals surface area contributed by atoms with Gasteiger partial charge in [-0.3, -0.25) is 0 Å². The van der Waals surface area contributed by atoms with Crippen LogP contribution in [-0.4, -0.2) is 14.8 Å². The van der Waals surface area contributed by atoms with Crippen molar-refractivity contribution in [2.24, 2.45) is 0 Å². The highest BCUT2D eigenvalue weighted by atomic mass is 28.3. The molecule has 0 aromatic carbocycles. The number of hydrogen-bond donors (Lipinski definition) is 1. The van der Waals surface area contributed by atoms with Crippen molar-refractivity contribution < 1.29 is 0 Å². The van der Waals surface area contributed by atoms with Crippen LogP contribution < -0.4 is 4.98 Å². The number of nitrogens with one attached hydrogen (secondary N) is 1. The van der Waals surface area contributed by atoms with Crippen molar-refractivity contribution in [1.82, 2.24) is 4.98 Å². The topological polar surface area (TPSA) is 12.0 Å². The highest BCUT2D eigenvalue weighted by Crippen LogP contribution is 2.06. The van der Waals surface area contributed by atoms with E-state index in [9.17, 15) is 0 Å². The Kier molecular flexibility index (Phi) is 5.00. The zero-order valence-corrected chi connectivity index (χ0v) is 8.83. The van der Waals surface area contributed by atoms with E-state index in [4.69, 9.17) is 0 Å². The van der Waals surface area contributed by atoms with Gasteiger partial charge in [0.2, 0.25) is 0 Å². The van der Waals surface area contributed by atoms with E-state index in [0.717, 1.165) is 0 Å². The summed E-state index contributed by atoms with van der Waals surface area (Å²) in [5.74, 6) is 0. The maximum atomic E-state index is 3.65. The van der Waals surface area contributed by atoms with Crippen molar-refractivity contribution in [3.63, 3.8) is 0 Å². The third kappa shape index (κ3) is 5.00. The maximum absolute atomic E-state index is 3.65. The van der Waals surface area contributed by atoms with Gasteiger partial charge in [0, 0.05) is 0 Å². The summed E-state index contributed by atoms with van der Waals surface area (Å²) in [4.78, 5) is 3.65. The van der Waals surface area contributed by atoms with Gasteiger partial charge in [-0.05, 0) is 19.0 Å². The summed E-state index contributed by atoms with van der Waals surface area (Å²) >= 11 is 0. The van der Waals surface area contributed by atoms with Gasteiger partial charge in [-0.1, -0.05) is 33.4 Å². The van der Waals surface area contributed by atoms with E-state index in [1.807, 2.05) is 0 Å². The summed E-state index contributed by atoms with van der Waals surface area (Å²) in [6, 6.07) is 1.41. The highest BCUT2D eigenvalue weighted by molar-refractivity contribution is 6.74. The predicted octanol–water partition coefficient (Wildman–Crippen LogP) is 2.60. The predicted molar refractivity (Wildman–Crippen MR) is 50.9 cm³/mol. The molecule has 0 aromatic rings. The first-order chi connectivity index (χ1) is 4.62. The molecule has 0 radical (unpaired) electrons. The molecule has 0 saturated carbocycles. The van der Waals surface area contributed by atoms with E-state index >= 15 is 0 Å². The van der Waals surface area contributed by atoms with Crippen LogP contribution in [0.15, 0.2) is 0 Å². The van der Waals surface area contributed by atoms with Gasteiger partial charge < -0.3 is 4.98 Å². The molecule has 0 rings (SSSR count). The van der Waals surface area contributed by atoms with E-state index < -0.39 is 8.24 Å². The molecule has 0 atom stereocenters. The Labute approximate surface area is 66.3 Å². The molecule has 0 aliphatic heterocycles. The van der Waals surface area contributed by atoms with Crippen LogP contribution in [0.5, 0.6) is 0 Å². The number of hydrogen-bond acceptors (Lipinski definition) is 1. The Morgan fingerprint density at radius 3 is 2.10 bits per heavy atom. The van der Waals surface area contributed by atoms with Gasteiger partial charge in [-0.15, -0.1) is 0 Å². The molecular formula is C8H21NSi. The monoisotopic (exact) mass is 159 g/mol. The molecule has 0 aliphatic carbocycles. The molecule has 0 amide bonds. The average molecular weight is 159 g/mol. The summed E-state index contributed by atoms with van der Waals surface area (Å²) in [6.07, 6.45) is 2.59. The molecule has 0 bridgehead atoms. The minimum absolute atomic E-state index is 0.974. The molecule has 10 heavy (non-hydrogen) atoms. The number of rotatable bonds is 5. The normalized spacial score (nSPS) is 12.0. The van der Waals surface area contributed by atoms with Crippen LogP contribution in [0.25, 0.3) is 0 Å². The molecule has 1 N–H and O–H groups in total. The quantitative estimate of drug-likeness (QED) is 0.608. The van der Waals surface area contributed by atoms with Crippen LogP contribution >= 0.6 is 0 Å². The minimum atomic E-state index is -0.974. The summed E-state index contributed by atoms with van der Waals surface area (Å²) < 4.78 is 0. The molecule has 0 spiro atoms. The van der Waals surface area contributed by atoms with Crippen LogP contribution in [0.4, 0.5) is 0 Å². The van der Waals surface area contributed by atoms with Crippen molar-refractivity contribution in [3.05, 3.63) is 0 Å². The first-order valence-corrected chi connectivity index (χ1v) is 7.58. The third-order valence-corrected chi connectivity index (χ3v) is 4.69. The second-order valence-corrected chi connectivity index (χ2v) is 8.18. The first kappa shape index (κ1) is 10.2. The smallest absolute Gasteiger partial charge is 0.119 e. The maximum Gasteiger partial charge on any atom is 0.119 e. The molecule has 62 valence electrons. The molecular weight excluding hydrogens is 138 g/mol. The summed E-state index contributed by atoms with van der Waals surface area (Å²) in [6.45, 7) is 10.5. The van der Waals surface area contributed by atoms with Crippen molar-refractivity contribution in [2.75, 3.05) is 6.54 Å². The van der Waals surface area contributed by atoms with E-state index in [1.54, 1.807) is 0 Å². The lowest BCUT2D eigenvalue weighted by Crippen LogP contribution is -2.44. The van der Waals surface area contributed by atoms with Gasteiger partial charge >= 0.3 is 0 Å². The molecule has 0 fully saturated rings. The van der Waals surface area contributed by atoms with E-state index in [1.165, 1.54) is 25.4 Å². The van der Waals surface area contributed by atoms with Crippen molar-refractivity contribution in [3.8, 4) is 0 Å². The lowest BCUT2D eigenvalue weighted by molar-refractivity contribution is 0.824. The van der Waals surface area contributed by atoms with Gasteiger partial charge in [0.15, 0.2) is 0 Å². The van der Waals surface area contributed by atoms with Crippen LogP contribution in [0, 0.1) is 0 Å². The van der Waals surface area contributed by atoms with E-state index in [2.05, 4.69) is 31.9 Å². The fraction of sp³-hybridized carbons (Fsp3) is 1.00. The second-order valence-electron chi connectivity index (χ2n) is 3.56. The minimum Gasteiger partial charge on any atom is -0.337 e. The Balaban J connectivity index is 3.42. The molecule has 0 unspecified atom stereocenters. The van der Waals surface area contributed by atoms with Crippen LogP contribution in [-0.2, 0) is 0 Å². The standard InChI is InChI=1S/C8H21NSi/c1-5-7-9-10(3,4)8-6-2/h9H,5-8H2,1-4H3. The average Bonchev–Trinajstić information content (AvgIpc) is 1.84. The van der Waals surface area contributed by atoms with Crippen molar-refractivity contribution >= 4 is 8.24 Å². The van der Waals surface area contributed by atoms with E-state index in [-0.39, 0.29) is 0 Å². The fourth-order valence-electron chi connectivity index (χ4n) is 1.18. The lowest BCUT2D eigenvalue weighted by Gasteiger charge is -2.22.